The van der Waals surface area contributed by atoms with Crippen LogP contribution in [0.2, 0.25) is 0 Å². The minimum absolute atomic E-state index is 0.0281. The van der Waals surface area contributed by atoms with Gasteiger partial charge in [0.1, 0.15) is 6.04 Å². The molecule has 22 heavy (non-hydrogen) atoms. The van der Waals surface area contributed by atoms with Crippen molar-refractivity contribution in [2.75, 3.05) is 19.6 Å². The molecule has 2 N–H and O–H groups in total. The zero-order valence-corrected chi connectivity index (χ0v) is 14.4. The maximum Gasteiger partial charge on any atom is 0.243 e. The van der Waals surface area contributed by atoms with E-state index in [1.54, 1.807) is 4.90 Å². The predicted molar refractivity (Wildman–Crippen MR) is 87.4 cm³/mol. The lowest BCUT2D eigenvalue weighted by molar-refractivity contribution is -0.140. The molecule has 0 aliphatic carbocycles. The van der Waals surface area contributed by atoms with Crippen molar-refractivity contribution in [1.82, 2.24) is 15.5 Å². The molecule has 0 saturated carbocycles. The van der Waals surface area contributed by atoms with Crippen molar-refractivity contribution >= 4 is 11.8 Å². The van der Waals surface area contributed by atoms with Crippen LogP contribution >= 0.6 is 0 Å². The molecule has 0 bridgehead atoms. The molecular formula is C17H31N3O2. The number of hydrogen-bond donors (Lipinski definition) is 2. The van der Waals surface area contributed by atoms with Crippen LogP contribution in [0.3, 0.4) is 0 Å². The van der Waals surface area contributed by atoms with E-state index in [1.807, 2.05) is 0 Å². The van der Waals surface area contributed by atoms with E-state index in [4.69, 9.17) is 0 Å². The third-order valence-electron chi connectivity index (χ3n) is 4.71. The van der Waals surface area contributed by atoms with Gasteiger partial charge >= 0.3 is 0 Å². The number of carbonyl (C=O) groups is 2. The molecule has 2 fully saturated rings. The van der Waals surface area contributed by atoms with Crippen molar-refractivity contribution in [3.8, 4) is 0 Å². The van der Waals surface area contributed by atoms with Gasteiger partial charge in [0.25, 0.3) is 0 Å². The molecule has 5 heteroatoms. The Labute approximate surface area is 134 Å². The zero-order valence-electron chi connectivity index (χ0n) is 14.4. The molecule has 2 aliphatic heterocycles. The minimum atomic E-state index is -0.274. The van der Waals surface area contributed by atoms with Crippen molar-refractivity contribution in [1.29, 1.82) is 0 Å². The van der Waals surface area contributed by atoms with E-state index in [0.29, 0.717) is 18.9 Å². The van der Waals surface area contributed by atoms with Crippen LogP contribution in [0.15, 0.2) is 0 Å². The summed E-state index contributed by atoms with van der Waals surface area (Å²) in [7, 11) is 0. The van der Waals surface area contributed by atoms with Crippen LogP contribution in [-0.2, 0) is 9.59 Å². The Kier molecular flexibility index (Phi) is 5.48. The number of hydrogen-bond acceptors (Lipinski definition) is 3. The zero-order chi connectivity index (χ0) is 16.3. The second-order valence-electron chi connectivity index (χ2n) is 8.07. The Balaban J connectivity index is 1.94. The predicted octanol–water partition coefficient (Wildman–Crippen LogP) is 1.53. The van der Waals surface area contributed by atoms with Crippen LogP contribution < -0.4 is 10.6 Å². The number of nitrogens with one attached hydrogen (secondary N) is 2. The Bertz CT molecular complexity index is 417. The summed E-state index contributed by atoms with van der Waals surface area (Å²) in [6.07, 6.45) is 3.29. The van der Waals surface area contributed by atoms with Gasteiger partial charge in [-0.3, -0.25) is 9.59 Å². The largest absolute Gasteiger partial charge is 0.350 e. The lowest BCUT2D eigenvalue weighted by Gasteiger charge is -2.33. The van der Waals surface area contributed by atoms with Gasteiger partial charge < -0.3 is 15.5 Å². The van der Waals surface area contributed by atoms with Crippen LogP contribution in [0.5, 0.6) is 0 Å². The summed E-state index contributed by atoms with van der Waals surface area (Å²) >= 11 is 0. The van der Waals surface area contributed by atoms with Gasteiger partial charge in [0.2, 0.25) is 11.8 Å². The number of nitrogens with zero attached hydrogens (tertiary/aromatic N) is 1. The standard InChI is InChI=1S/C17H31N3O2/c1-12-7-8-18-11-13(12)19-16(22)14-6-5-9-20(14)15(21)10-17(2,3)4/h12-14,18H,5-11H2,1-4H3,(H,19,22). The van der Waals surface area contributed by atoms with E-state index in [0.717, 1.165) is 32.4 Å². The monoisotopic (exact) mass is 309 g/mol. The molecule has 2 heterocycles. The van der Waals surface area contributed by atoms with Gasteiger partial charge in [-0.2, -0.15) is 0 Å². The highest BCUT2D eigenvalue weighted by Gasteiger charge is 2.36. The maximum atomic E-state index is 12.6. The van der Waals surface area contributed by atoms with Gasteiger partial charge in [0.15, 0.2) is 0 Å². The van der Waals surface area contributed by atoms with Gasteiger partial charge in [0.05, 0.1) is 0 Å². The average Bonchev–Trinajstić information content (AvgIpc) is 2.89. The van der Waals surface area contributed by atoms with Crippen molar-refractivity contribution < 1.29 is 9.59 Å². The highest BCUT2D eigenvalue weighted by Crippen LogP contribution is 2.25. The fraction of sp³-hybridized carbons (Fsp3) is 0.882. The molecule has 0 aromatic heterocycles. The molecular weight excluding hydrogens is 278 g/mol. The van der Waals surface area contributed by atoms with E-state index in [2.05, 4.69) is 38.3 Å². The fourth-order valence-electron chi connectivity index (χ4n) is 3.35. The normalized spacial score (nSPS) is 29.5. The Hall–Kier alpha value is -1.10. The van der Waals surface area contributed by atoms with Crippen LogP contribution in [-0.4, -0.2) is 48.4 Å². The molecule has 5 nitrogen and oxygen atoms in total. The Morgan fingerprint density at radius 2 is 2.00 bits per heavy atom. The second kappa shape index (κ2) is 6.99. The van der Waals surface area contributed by atoms with Gasteiger partial charge in [-0.1, -0.05) is 27.7 Å². The van der Waals surface area contributed by atoms with Crippen LogP contribution in [0, 0.1) is 11.3 Å². The van der Waals surface area contributed by atoms with E-state index in [-0.39, 0.29) is 29.3 Å². The van der Waals surface area contributed by atoms with E-state index in [1.165, 1.54) is 0 Å². The molecule has 0 radical (unpaired) electrons. The number of carbonyl (C=O) groups excluding carboxylic acids is 2. The van der Waals surface area contributed by atoms with Crippen molar-refractivity contribution in [3.63, 3.8) is 0 Å². The Morgan fingerprint density at radius 1 is 1.27 bits per heavy atom. The first-order valence-corrected chi connectivity index (χ1v) is 8.58. The third-order valence-corrected chi connectivity index (χ3v) is 4.71. The van der Waals surface area contributed by atoms with Crippen LogP contribution in [0.4, 0.5) is 0 Å². The second-order valence-corrected chi connectivity index (χ2v) is 8.07. The summed E-state index contributed by atoms with van der Waals surface area (Å²) < 4.78 is 0. The van der Waals surface area contributed by atoms with E-state index in [9.17, 15) is 9.59 Å². The average molecular weight is 309 g/mol. The first-order valence-electron chi connectivity index (χ1n) is 8.58. The van der Waals surface area contributed by atoms with Crippen LogP contribution in [0.25, 0.3) is 0 Å². The lowest BCUT2D eigenvalue weighted by atomic mass is 9.91. The first kappa shape index (κ1) is 17.3. The van der Waals surface area contributed by atoms with Crippen molar-refractivity contribution in [2.24, 2.45) is 11.3 Å². The molecule has 0 aromatic carbocycles. The maximum absolute atomic E-state index is 12.6. The van der Waals surface area contributed by atoms with Gasteiger partial charge in [-0.25, -0.2) is 0 Å². The molecule has 0 spiro atoms. The summed E-state index contributed by atoms with van der Waals surface area (Å²) in [4.78, 5) is 26.9. The molecule has 2 aliphatic rings. The van der Waals surface area contributed by atoms with E-state index >= 15 is 0 Å². The van der Waals surface area contributed by atoms with Gasteiger partial charge in [0, 0.05) is 25.6 Å². The lowest BCUT2D eigenvalue weighted by Crippen LogP contribution is -2.55. The Morgan fingerprint density at radius 3 is 2.64 bits per heavy atom. The summed E-state index contributed by atoms with van der Waals surface area (Å²) in [5.74, 6) is 0.630. The summed E-state index contributed by atoms with van der Waals surface area (Å²) in [5, 5.41) is 6.49. The van der Waals surface area contributed by atoms with E-state index < -0.39 is 0 Å². The highest BCUT2D eigenvalue weighted by molar-refractivity contribution is 5.88. The minimum Gasteiger partial charge on any atom is -0.350 e. The number of amides is 2. The molecule has 3 atom stereocenters. The quantitative estimate of drug-likeness (QED) is 0.831. The van der Waals surface area contributed by atoms with Gasteiger partial charge in [-0.15, -0.1) is 0 Å². The topological polar surface area (TPSA) is 61.4 Å². The molecule has 3 unspecified atom stereocenters. The molecule has 2 rings (SSSR count). The first-order chi connectivity index (χ1) is 10.3. The summed E-state index contributed by atoms with van der Waals surface area (Å²) in [5.41, 5.74) is -0.0392. The smallest absolute Gasteiger partial charge is 0.243 e. The molecule has 0 aromatic rings. The summed E-state index contributed by atoms with van der Waals surface area (Å²) in [6.45, 7) is 10.9. The van der Waals surface area contributed by atoms with Crippen molar-refractivity contribution in [3.05, 3.63) is 0 Å². The fourth-order valence-corrected chi connectivity index (χ4v) is 3.35. The highest BCUT2D eigenvalue weighted by atomic mass is 16.2. The molecule has 2 saturated heterocycles. The van der Waals surface area contributed by atoms with Crippen LogP contribution in [0.1, 0.15) is 53.4 Å². The van der Waals surface area contributed by atoms with Crippen molar-refractivity contribution in [2.45, 2.75) is 65.5 Å². The molecule has 126 valence electrons. The summed E-state index contributed by atoms with van der Waals surface area (Å²) in [6, 6.07) is -0.0922. The van der Waals surface area contributed by atoms with Gasteiger partial charge in [-0.05, 0) is 37.1 Å². The molecule has 2 amide bonds. The number of rotatable bonds is 3. The number of piperidine rings is 1. The SMILES string of the molecule is CC1CCNCC1NC(=O)C1CCCN1C(=O)CC(C)(C)C. The number of likely N-dealkylation sites (tertiary alicyclic amines) is 1. The third kappa shape index (κ3) is 4.45.